The molecule has 3 fully saturated rings. The molecule has 0 aliphatic heterocycles. The van der Waals surface area contributed by atoms with E-state index in [0.717, 1.165) is 12.8 Å². The molecule has 2 bridgehead atoms. The lowest BCUT2D eigenvalue weighted by Gasteiger charge is -2.30. The predicted molar refractivity (Wildman–Crippen MR) is 68.1 cm³/mol. The molecule has 3 aliphatic carbocycles. The van der Waals surface area contributed by atoms with Gasteiger partial charge in [0.1, 0.15) is 0 Å². The number of carbonyl (C=O) groups is 2. The highest BCUT2D eigenvalue weighted by molar-refractivity contribution is 5.84. The highest BCUT2D eigenvalue weighted by atomic mass is 16.5. The number of rotatable bonds is 2. The van der Waals surface area contributed by atoms with E-state index in [1.165, 1.54) is 39.9 Å². The molecule has 19 heavy (non-hydrogen) atoms. The van der Waals surface area contributed by atoms with Gasteiger partial charge < -0.3 is 9.47 Å². The van der Waals surface area contributed by atoms with Crippen molar-refractivity contribution >= 4 is 11.9 Å². The van der Waals surface area contributed by atoms with Gasteiger partial charge in [-0.3, -0.25) is 9.59 Å². The first-order valence-electron chi connectivity index (χ1n) is 7.31. The zero-order valence-corrected chi connectivity index (χ0v) is 11.7. The first-order chi connectivity index (χ1) is 9.15. The number of esters is 2. The smallest absolute Gasteiger partial charge is 0.309 e. The summed E-state index contributed by atoms with van der Waals surface area (Å²) in [5.41, 5.74) is 0.220. The zero-order chi connectivity index (χ0) is 13.6. The normalized spacial score (nSPS) is 38.6. The molecule has 3 saturated carbocycles. The van der Waals surface area contributed by atoms with Crippen molar-refractivity contribution in [2.24, 2.45) is 29.1 Å². The fourth-order valence-corrected chi connectivity index (χ4v) is 5.45. The van der Waals surface area contributed by atoms with E-state index in [0.29, 0.717) is 11.8 Å². The molecule has 0 amide bonds. The summed E-state index contributed by atoms with van der Waals surface area (Å²) in [6, 6.07) is 0. The molecule has 0 heterocycles. The summed E-state index contributed by atoms with van der Waals surface area (Å²) >= 11 is 0. The second-order valence-electron chi connectivity index (χ2n) is 6.33. The van der Waals surface area contributed by atoms with E-state index >= 15 is 0 Å². The largest absolute Gasteiger partial charge is 0.469 e. The van der Waals surface area contributed by atoms with Crippen LogP contribution in [-0.4, -0.2) is 26.2 Å². The molecule has 0 aromatic carbocycles. The molecule has 4 atom stereocenters. The van der Waals surface area contributed by atoms with Gasteiger partial charge in [-0.05, 0) is 42.9 Å². The van der Waals surface area contributed by atoms with Crippen LogP contribution in [0.15, 0.2) is 0 Å². The van der Waals surface area contributed by atoms with E-state index in [4.69, 9.17) is 9.47 Å². The monoisotopic (exact) mass is 266 g/mol. The molecule has 4 heteroatoms. The van der Waals surface area contributed by atoms with Gasteiger partial charge in [0.05, 0.1) is 26.1 Å². The summed E-state index contributed by atoms with van der Waals surface area (Å²) in [5.74, 6) is -0.306. The number of hydrogen-bond donors (Lipinski definition) is 0. The van der Waals surface area contributed by atoms with Gasteiger partial charge >= 0.3 is 11.9 Å². The second kappa shape index (κ2) is 4.50. The van der Waals surface area contributed by atoms with Gasteiger partial charge in [-0.25, -0.2) is 0 Å². The fourth-order valence-electron chi connectivity index (χ4n) is 5.45. The highest BCUT2D eigenvalue weighted by Gasteiger charge is 2.67. The maximum absolute atomic E-state index is 12.1. The van der Waals surface area contributed by atoms with Crippen LogP contribution >= 0.6 is 0 Å². The lowest BCUT2D eigenvalue weighted by Crippen LogP contribution is -2.36. The van der Waals surface area contributed by atoms with Gasteiger partial charge in [0.25, 0.3) is 0 Å². The first-order valence-corrected chi connectivity index (χ1v) is 7.31. The quantitative estimate of drug-likeness (QED) is 0.719. The Labute approximate surface area is 113 Å². The average molecular weight is 266 g/mol. The standard InChI is InChI=1S/C15H22O4/c1-18-13(16)11-9-5-6-10(12(11)14(17)19-2)15(9)7-3-4-8-15/h9-12H,3-8H2,1-2H3. The third kappa shape index (κ3) is 1.58. The molecule has 3 aliphatic rings. The third-order valence-electron chi connectivity index (χ3n) is 6.00. The Morgan fingerprint density at radius 1 is 0.895 bits per heavy atom. The molecule has 0 N–H and O–H groups in total. The van der Waals surface area contributed by atoms with Crippen molar-refractivity contribution in [3.8, 4) is 0 Å². The van der Waals surface area contributed by atoms with Gasteiger partial charge in [-0.1, -0.05) is 12.8 Å². The molecular weight excluding hydrogens is 244 g/mol. The van der Waals surface area contributed by atoms with Crippen LogP contribution in [0.2, 0.25) is 0 Å². The van der Waals surface area contributed by atoms with Gasteiger partial charge in [-0.2, -0.15) is 0 Å². The van der Waals surface area contributed by atoms with E-state index in [-0.39, 0.29) is 29.2 Å². The molecule has 0 aromatic heterocycles. The first kappa shape index (κ1) is 12.9. The summed E-state index contributed by atoms with van der Waals surface area (Å²) in [7, 11) is 2.84. The SMILES string of the molecule is COC(=O)C1C(C(=O)OC)C2CCC1C21CCCC1. The Bertz CT molecular complexity index is 365. The van der Waals surface area contributed by atoms with Gasteiger partial charge in [-0.15, -0.1) is 0 Å². The summed E-state index contributed by atoms with van der Waals surface area (Å²) in [5, 5.41) is 0. The average Bonchev–Trinajstić information content (AvgIpc) is 3.13. The maximum Gasteiger partial charge on any atom is 0.309 e. The lowest BCUT2D eigenvalue weighted by atomic mass is 9.74. The van der Waals surface area contributed by atoms with Crippen molar-refractivity contribution in [3.63, 3.8) is 0 Å². The predicted octanol–water partition coefficient (Wildman–Crippen LogP) is 2.17. The highest BCUT2D eigenvalue weighted by Crippen LogP contribution is 2.69. The van der Waals surface area contributed by atoms with Gasteiger partial charge in [0, 0.05) is 0 Å². The second-order valence-corrected chi connectivity index (χ2v) is 6.33. The Kier molecular flexibility index (Phi) is 3.06. The summed E-state index contributed by atoms with van der Waals surface area (Å²) < 4.78 is 9.94. The molecule has 1 spiro atoms. The molecule has 0 saturated heterocycles. The molecule has 4 nitrogen and oxygen atoms in total. The number of carbonyl (C=O) groups excluding carboxylic acids is 2. The van der Waals surface area contributed by atoms with E-state index < -0.39 is 0 Å². The van der Waals surface area contributed by atoms with Crippen molar-refractivity contribution in [1.82, 2.24) is 0 Å². The molecular formula is C15H22O4. The Balaban J connectivity index is 1.98. The number of methoxy groups -OCH3 is 2. The van der Waals surface area contributed by atoms with E-state index in [9.17, 15) is 9.59 Å². The van der Waals surface area contributed by atoms with Crippen LogP contribution in [0.4, 0.5) is 0 Å². The van der Waals surface area contributed by atoms with E-state index in [1.807, 2.05) is 0 Å². The topological polar surface area (TPSA) is 52.6 Å². The zero-order valence-electron chi connectivity index (χ0n) is 11.7. The van der Waals surface area contributed by atoms with Crippen LogP contribution in [-0.2, 0) is 19.1 Å². The lowest BCUT2D eigenvalue weighted by molar-refractivity contribution is -0.160. The molecule has 0 aromatic rings. The van der Waals surface area contributed by atoms with Gasteiger partial charge in [0.2, 0.25) is 0 Å². The van der Waals surface area contributed by atoms with Crippen LogP contribution in [0, 0.1) is 29.1 Å². The summed E-state index contributed by atoms with van der Waals surface area (Å²) in [4.78, 5) is 24.3. The van der Waals surface area contributed by atoms with Crippen molar-refractivity contribution in [2.45, 2.75) is 38.5 Å². The van der Waals surface area contributed by atoms with Crippen molar-refractivity contribution in [3.05, 3.63) is 0 Å². The molecule has 0 radical (unpaired) electrons. The maximum atomic E-state index is 12.1. The van der Waals surface area contributed by atoms with Crippen molar-refractivity contribution < 1.29 is 19.1 Å². The van der Waals surface area contributed by atoms with Gasteiger partial charge in [0.15, 0.2) is 0 Å². The molecule has 3 rings (SSSR count). The minimum atomic E-state index is -0.269. The minimum absolute atomic E-state index is 0.214. The summed E-state index contributed by atoms with van der Waals surface area (Å²) in [6.07, 6.45) is 6.94. The number of ether oxygens (including phenoxy) is 2. The fraction of sp³-hybridized carbons (Fsp3) is 0.867. The molecule has 106 valence electrons. The van der Waals surface area contributed by atoms with Crippen molar-refractivity contribution in [2.75, 3.05) is 14.2 Å². The minimum Gasteiger partial charge on any atom is -0.469 e. The van der Waals surface area contributed by atoms with Crippen LogP contribution < -0.4 is 0 Å². The number of hydrogen-bond acceptors (Lipinski definition) is 4. The molecule has 4 unspecified atom stereocenters. The van der Waals surface area contributed by atoms with E-state index in [1.54, 1.807) is 0 Å². The van der Waals surface area contributed by atoms with Crippen molar-refractivity contribution in [1.29, 1.82) is 0 Å². The van der Waals surface area contributed by atoms with Crippen LogP contribution in [0.25, 0.3) is 0 Å². The third-order valence-corrected chi connectivity index (χ3v) is 6.00. The van der Waals surface area contributed by atoms with Crippen LogP contribution in [0.5, 0.6) is 0 Å². The summed E-state index contributed by atoms with van der Waals surface area (Å²) in [6.45, 7) is 0. The van der Waals surface area contributed by atoms with E-state index in [2.05, 4.69) is 0 Å². The Morgan fingerprint density at radius 3 is 1.68 bits per heavy atom. The van der Waals surface area contributed by atoms with Crippen LogP contribution in [0.1, 0.15) is 38.5 Å². The van der Waals surface area contributed by atoms with Crippen LogP contribution in [0.3, 0.4) is 0 Å². The Morgan fingerprint density at radius 2 is 1.32 bits per heavy atom. The Hall–Kier alpha value is -1.06.